The summed E-state index contributed by atoms with van der Waals surface area (Å²) in [6, 6.07) is 7.88. The minimum Gasteiger partial charge on any atom is -0.356 e. The number of amides is 1. The maximum absolute atomic E-state index is 12.8. The number of hydrogen-bond acceptors (Lipinski definition) is 4. The van der Waals surface area contributed by atoms with Crippen LogP contribution in [0.3, 0.4) is 0 Å². The van der Waals surface area contributed by atoms with Gasteiger partial charge < -0.3 is 5.32 Å². The molecule has 156 valence electrons. The monoisotopic (exact) mass is 405 g/mol. The zero-order valence-corrected chi connectivity index (χ0v) is 17.3. The predicted octanol–water partition coefficient (Wildman–Crippen LogP) is 3.29. The second kappa shape index (κ2) is 9.07. The molecule has 0 saturated heterocycles. The number of aryl methyl sites for hydroxylation is 2. The largest absolute Gasteiger partial charge is 0.356 e. The Morgan fingerprint density at radius 3 is 2.80 bits per heavy atom. The summed E-state index contributed by atoms with van der Waals surface area (Å²) in [5, 5.41) is 7.74. The van der Waals surface area contributed by atoms with Crippen LogP contribution in [0.2, 0.25) is 0 Å². The van der Waals surface area contributed by atoms with Crippen LogP contribution >= 0.6 is 0 Å². The summed E-state index contributed by atoms with van der Waals surface area (Å²) in [7, 11) is 0. The fraction of sp³-hybridized carbons (Fsp3) is 0.391. The maximum Gasteiger partial charge on any atom is 0.264 e. The summed E-state index contributed by atoms with van der Waals surface area (Å²) in [6.45, 7) is 2.97. The van der Waals surface area contributed by atoms with Crippen LogP contribution in [-0.4, -0.2) is 31.8 Å². The molecule has 0 unspecified atom stereocenters. The predicted molar refractivity (Wildman–Crippen MR) is 117 cm³/mol. The molecule has 0 radical (unpaired) electrons. The van der Waals surface area contributed by atoms with Crippen LogP contribution in [0.5, 0.6) is 0 Å². The Morgan fingerprint density at radius 2 is 2.03 bits per heavy atom. The second-order valence-electron chi connectivity index (χ2n) is 7.83. The molecule has 3 aromatic rings. The maximum atomic E-state index is 12.8. The van der Waals surface area contributed by atoms with E-state index in [1.165, 1.54) is 29.3 Å². The Morgan fingerprint density at radius 1 is 1.20 bits per heavy atom. The van der Waals surface area contributed by atoms with E-state index in [2.05, 4.69) is 21.5 Å². The highest BCUT2D eigenvalue weighted by Crippen LogP contribution is 2.19. The minimum absolute atomic E-state index is 0.0474. The zero-order valence-electron chi connectivity index (χ0n) is 17.3. The molecule has 4 rings (SSSR count). The standard InChI is InChI=1S/C23H27N5O2/c1-17-7-9-19(10-8-17)28-22-20(15-26-28)23(30)27(16-25-22)14-12-21(29)24-13-11-18-5-3-2-4-6-18/h5,7-10,15-16H,2-4,6,11-14H2,1H3,(H,24,29). The molecule has 0 atom stereocenters. The molecule has 0 saturated carbocycles. The highest BCUT2D eigenvalue weighted by atomic mass is 16.1. The van der Waals surface area contributed by atoms with Gasteiger partial charge in [0.25, 0.3) is 5.56 Å². The summed E-state index contributed by atoms with van der Waals surface area (Å²) in [5.41, 5.74) is 3.79. The van der Waals surface area contributed by atoms with Crippen LogP contribution < -0.4 is 10.9 Å². The highest BCUT2D eigenvalue weighted by Gasteiger charge is 2.12. The molecule has 7 heteroatoms. The number of fused-ring (bicyclic) bond motifs is 1. The first kappa shape index (κ1) is 20.1. The lowest BCUT2D eigenvalue weighted by Gasteiger charge is -2.13. The van der Waals surface area contributed by atoms with Gasteiger partial charge in [0.05, 0.1) is 18.2 Å². The molecule has 1 amide bonds. The van der Waals surface area contributed by atoms with E-state index in [1.54, 1.807) is 10.9 Å². The van der Waals surface area contributed by atoms with Crippen molar-refractivity contribution in [1.29, 1.82) is 0 Å². The molecular formula is C23H27N5O2. The van der Waals surface area contributed by atoms with Gasteiger partial charge in [-0.2, -0.15) is 5.10 Å². The molecule has 2 aromatic heterocycles. The highest BCUT2D eigenvalue weighted by molar-refractivity contribution is 5.76. The summed E-state index contributed by atoms with van der Waals surface area (Å²) < 4.78 is 3.14. The number of allylic oxidation sites excluding steroid dienone is 1. The summed E-state index contributed by atoms with van der Waals surface area (Å²) in [6.07, 6.45) is 11.3. The number of benzene rings is 1. The Bertz CT molecular complexity index is 1120. The Kier molecular flexibility index (Phi) is 6.07. The summed E-state index contributed by atoms with van der Waals surface area (Å²) in [4.78, 5) is 29.4. The van der Waals surface area contributed by atoms with Crippen LogP contribution in [-0.2, 0) is 11.3 Å². The molecule has 30 heavy (non-hydrogen) atoms. The minimum atomic E-state index is -0.182. The molecule has 0 aliphatic heterocycles. The van der Waals surface area contributed by atoms with Crippen LogP contribution in [0.1, 0.15) is 44.1 Å². The Hall–Kier alpha value is -3.22. The fourth-order valence-corrected chi connectivity index (χ4v) is 3.79. The fourth-order valence-electron chi connectivity index (χ4n) is 3.79. The zero-order chi connectivity index (χ0) is 20.9. The number of nitrogens with zero attached hydrogens (tertiary/aromatic N) is 4. The first-order valence-electron chi connectivity index (χ1n) is 10.6. The van der Waals surface area contributed by atoms with E-state index >= 15 is 0 Å². The van der Waals surface area contributed by atoms with E-state index in [1.807, 2.05) is 31.2 Å². The van der Waals surface area contributed by atoms with Crippen molar-refractivity contribution in [3.05, 3.63) is 64.4 Å². The SMILES string of the molecule is Cc1ccc(-n2ncc3c(=O)n(CCC(=O)NCCC4=CCCCC4)cnc32)cc1. The number of nitrogens with one attached hydrogen (secondary N) is 1. The average molecular weight is 406 g/mol. The van der Waals surface area contributed by atoms with Gasteiger partial charge in [0.2, 0.25) is 5.91 Å². The van der Waals surface area contributed by atoms with Gasteiger partial charge in [-0.1, -0.05) is 29.3 Å². The van der Waals surface area contributed by atoms with E-state index in [0.29, 0.717) is 24.1 Å². The quantitative estimate of drug-likeness (QED) is 0.612. The Labute approximate surface area is 175 Å². The molecule has 0 fully saturated rings. The Balaban J connectivity index is 1.38. The molecule has 0 bridgehead atoms. The second-order valence-corrected chi connectivity index (χ2v) is 7.83. The van der Waals surface area contributed by atoms with Crippen LogP contribution in [0.15, 0.2) is 53.2 Å². The van der Waals surface area contributed by atoms with Crippen LogP contribution in [0.25, 0.3) is 16.7 Å². The lowest BCUT2D eigenvalue weighted by Crippen LogP contribution is -2.28. The molecule has 1 N–H and O–H groups in total. The van der Waals surface area contributed by atoms with Gasteiger partial charge in [0, 0.05) is 19.5 Å². The molecule has 1 aliphatic rings. The number of carbonyl (C=O) groups is 1. The van der Waals surface area contributed by atoms with E-state index in [0.717, 1.165) is 30.5 Å². The lowest BCUT2D eigenvalue weighted by atomic mass is 9.97. The van der Waals surface area contributed by atoms with Crippen molar-refractivity contribution in [3.63, 3.8) is 0 Å². The first-order chi connectivity index (χ1) is 14.6. The molecule has 2 heterocycles. The molecule has 1 aliphatic carbocycles. The van der Waals surface area contributed by atoms with Crippen molar-refractivity contribution in [2.24, 2.45) is 0 Å². The van der Waals surface area contributed by atoms with E-state index in [4.69, 9.17) is 0 Å². The van der Waals surface area contributed by atoms with Crippen molar-refractivity contribution in [2.75, 3.05) is 6.54 Å². The number of carbonyl (C=O) groups excluding carboxylic acids is 1. The van der Waals surface area contributed by atoms with Gasteiger partial charge in [0.1, 0.15) is 5.39 Å². The van der Waals surface area contributed by atoms with E-state index < -0.39 is 0 Å². The third-order valence-corrected chi connectivity index (χ3v) is 5.57. The summed E-state index contributed by atoms with van der Waals surface area (Å²) in [5.74, 6) is -0.0474. The van der Waals surface area contributed by atoms with Gasteiger partial charge >= 0.3 is 0 Å². The normalized spacial score (nSPS) is 14.0. The number of hydrogen-bond donors (Lipinski definition) is 1. The van der Waals surface area contributed by atoms with Crippen LogP contribution in [0.4, 0.5) is 0 Å². The smallest absolute Gasteiger partial charge is 0.264 e. The van der Waals surface area contributed by atoms with E-state index in [-0.39, 0.29) is 17.9 Å². The average Bonchev–Trinajstić information content (AvgIpc) is 3.19. The van der Waals surface area contributed by atoms with Crippen LogP contribution in [0, 0.1) is 6.92 Å². The summed E-state index contributed by atoms with van der Waals surface area (Å²) >= 11 is 0. The van der Waals surface area contributed by atoms with Gasteiger partial charge in [-0.25, -0.2) is 9.67 Å². The molecule has 7 nitrogen and oxygen atoms in total. The molecular weight excluding hydrogens is 378 g/mol. The lowest BCUT2D eigenvalue weighted by molar-refractivity contribution is -0.121. The van der Waals surface area contributed by atoms with Gasteiger partial charge in [-0.15, -0.1) is 0 Å². The third-order valence-electron chi connectivity index (χ3n) is 5.57. The third kappa shape index (κ3) is 4.50. The van der Waals surface area contributed by atoms with Crippen molar-refractivity contribution < 1.29 is 4.79 Å². The van der Waals surface area contributed by atoms with Crippen molar-refractivity contribution in [2.45, 2.75) is 52.0 Å². The van der Waals surface area contributed by atoms with Crippen molar-refractivity contribution in [1.82, 2.24) is 24.6 Å². The van der Waals surface area contributed by atoms with Crippen molar-refractivity contribution in [3.8, 4) is 5.69 Å². The van der Waals surface area contributed by atoms with E-state index in [9.17, 15) is 9.59 Å². The van der Waals surface area contributed by atoms with Crippen molar-refractivity contribution >= 4 is 16.9 Å². The molecule has 1 aromatic carbocycles. The topological polar surface area (TPSA) is 81.8 Å². The van der Waals surface area contributed by atoms with Gasteiger partial charge in [0.15, 0.2) is 5.65 Å². The van der Waals surface area contributed by atoms with Gasteiger partial charge in [-0.05, 0) is 51.2 Å². The number of rotatable bonds is 7. The number of aromatic nitrogens is 4. The van der Waals surface area contributed by atoms with Gasteiger partial charge in [-0.3, -0.25) is 14.2 Å². The first-order valence-corrected chi connectivity index (χ1v) is 10.6. The molecule has 0 spiro atoms.